The van der Waals surface area contributed by atoms with Gasteiger partial charge in [-0.3, -0.25) is 4.98 Å². The minimum Gasteiger partial charge on any atom is -0.372 e. The molecular formula is C14H21N3. The summed E-state index contributed by atoms with van der Waals surface area (Å²) in [5.74, 6) is 0.831. The average Bonchev–Trinajstić information content (AvgIpc) is 2.81. The molecule has 0 saturated carbocycles. The Bertz CT molecular complexity index is 398. The Morgan fingerprint density at radius 3 is 2.94 bits per heavy atom. The molecule has 0 bridgehead atoms. The van der Waals surface area contributed by atoms with E-state index in [4.69, 9.17) is 0 Å². The summed E-state index contributed by atoms with van der Waals surface area (Å²) in [5.41, 5.74) is 4.01. The summed E-state index contributed by atoms with van der Waals surface area (Å²) in [6.45, 7) is 5.23. The molecule has 3 rings (SSSR count). The van der Waals surface area contributed by atoms with Crippen molar-refractivity contribution in [3.05, 3.63) is 41.5 Å². The van der Waals surface area contributed by atoms with Crippen molar-refractivity contribution in [2.75, 3.05) is 6.67 Å². The lowest BCUT2D eigenvalue weighted by Crippen LogP contribution is -2.12. The van der Waals surface area contributed by atoms with Crippen LogP contribution in [0, 0.1) is 5.92 Å². The third-order valence-corrected chi connectivity index (χ3v) is 3.22. The number of rotatable bonds is 0. The van der Waals surface area contributed by atoms with E-state index < -0.39 is 0 Å². The molecule has 1 atom stereocenters. The Morgan fingerprint density at radius 2 is 2.29 bits per heavy atom. The van der Waals surface area contributed by atoms with Gasteiger partial charge in [0.15, 0.2) is 0 Å². The van der Waals surface area contributed by atoms with E-state index in [2.05, 4.69) is 28.6 Å². The summed E-state index contributed by atoms with van der Waals surface area (Å²) in [7, 11) is 0. The maximum atomic E-state index is 4.37. The van der Waals surface area contributed by atoms with Crippen LogP contribution in [0.15, 0.2) is 30.2 Å². The largest absolute Gasteiger partial charge is 0.372 e. The summed E-state index contributed by atoms with van der Waals surface area (Å²) < 4.78 is 0. The van der Waals surface area contributed by atoms with E-state index in [0.29, 0.717) is 0 Å². The van der Waals surface area contributed by atoms with Gasteiger partial charge in [0.25, 0.3) is 0 Å². The molecule has 0 unspecified atom stereocenters. The fourth-order valence-corrected chi connectivity index (χ4v) is 2.16. The summed E-state index contributed by atoms with van der Waals surface area (Å²) in [5, 5.41) is 6.07. The van der Waals surface area contributed by atoms with E-state index >= 15 is 0 Å². The van der Waals surface area contributed by atoms with Gasteiger partial charge in [-0.2, -0.15) is 0 Å². The monoisotopic (exact) mass is 231 g/mol. The first-order chi connectivity index (χ1) is 8.25. The first kappa shape index (κ1) is 12.0. The molecule has 0 fully saturated rings. The van der Waals surface area contributed by atoms with Gasteiger partial charge in [-0.05, 0) is 43.7 Å². The number of nitrogens with one attached hydrogen (secondary N) is 2. The molecule has 1 aliphatic carbocycles. The number of nitrogens with zero attached hydrogens (tertiary/aromatic N) is 1. The summed E-state index contributed by atoms with van der Waals surface area (Å²) in [6.07, 6.45) is 7.59. The van der Waals surface area contributed by atoms with Crippen LogP contribution in [0.2, 0.25) is 0 Å². The standard InChI is InChI=1S/C10H13N.C4H8N2/c1-8-4-5-9-3-2-6-11-10(9)7-8;1-4-2-5-3-6-4/h2-3,6,8H,4-5,7H2,1H3;2,5-6H,3H2,1H3/t8-;/m1./s1. The maximum absolute atomic E-state index is 4.37. The van der Waals surface area contributed by atoms with Crippen LogP contribution in [0.5, 0.6) is 0 Å². The van der Waals surface area contributed by atoms with E-state index in [9.17, 15) is 0 Å². The number of aromatic nitrogens is 1. The van der Waals surface area contributed by atoms with Gasteiger partial charge in [0.2, 0.25) is 0 Å². The lowest BCUT2D eigenvalue weighted by Gasteiger charge is -2.19. The van der Waals surface area contributed by atoms with Crippen LogP contribution in [0.25, 0.3) is 0 Å². The molecule has 3 heteroatoms. The van der Waals surface area contributed by atoms with Gasteiger partial charge in [0.05, 0.1) is 6.67 Å². The quantitative estimate of drug-likeness (QED) is 0.719. The zero-order valence-corrected chi connectivity index (χ0v) is 10.7. The average molecular weight is 231 g/mol. The molecule has 3 nitrogen and oxygen atoms in total. The Kier molecular flexibility index (Phi) is 4.02. The topological polar surface area (TPSA) is 37.0 Å². The van der Waals surface area contributed by atoms with Gasteiger partial charge in [-0.15, -0.1) is 0 Å². The summed E-state index contributed by atoms with van der Waals surface area (Å²) in [6, 6.07) is 4.24. The van der Waals surface area contributed by atoms with Crippen LogP contribution in [0.3, 0.4) is 0 Å². The number of allylic oxidation sites excluding steroid dienone is 1. The third kappa shape index (κ3) is 3.48. The fourth-order valence-electron chi connectivity index (χ4n) is 2.16. The van der Waals surface area contributed by atoms with Gasteiger partial charge >= 0.3 is 0 Å². The van der Waals surface area contributed by atoms with Crippen LogP contribution >= 0.6 is 0 Å². The van der Waals surface area contributed by atoms with E-state index in [-0.39, 0.29) is 0 Å². The maximum Gasteiger partial charge on any atom is 0.0843 e. The molecule has 2 N–H and O–H groups in total. The highest BCUT2D eigenvalue weighted by atomic mass is 15.1. The van der Waals surface area contributed by atoms with E-state index in [1.807, 2.05) is 25.4 Å². The SMILES string of the molecule is CC1=CNCN1.C[C@@H]1CCc2cccnc2C1. The molecule has 17 heavy (non-hydrogen) atoms. The van der Waals surface area contributed by atoms with Crippen LogP contribution in [0.4, 0.5) is 0 Å². The molecule has 1 aromatic rings. The van der Waals surface area contributed by atoms with E-state index in [1.54, 1.807) is 0 Å². The first-order valence-electron chi connectivity index (χ1n) is 6.32. The van der Waals surface area contributed by atoms with Crippen molar-refractivity contribution >= 4 is 0 Å². The number of hydrogen-bond donors (Lipinski definition) is 2. The Labute approximate surface area is 103 Å². The highest BCUT2D eigenvalue weighted by Gasteiger charge is 2.14. The normalized spacial score (nSPS) is 21.3. The van der Waals surface area contributed by atoms with Crippen molar-refractivity contribution in [3.63, 3.8) is 0 Å². The molecule has 2 heterocycles. The summed E-state index contributed by atoms with van der Waals surface area (Å²) in [4.78, 5) is 4.37. The number of aryl methyl sites for hydroxylation is 1. The van der Waals surface area contributed by atoms with Crippen molar-refractivity contribution < 1.29 is 0 Å². The Balaban J connectivity index is 0.000000153. The summed E-state index contributed by atoms with van der Waals surface area (Å²) >= 11 is 0. The van der Waals surface area contributed by atoms with Crippen LogP contribution in [0.1, 0.15) is 31.5 Å². The second-order valence-electron chi connectivity index (χ2n) is 4.84. The van der Waals surface area contributed by atoms with Gasteiger partial charge < -0.3 is 10.6 Å². The molecule has 0 aromatic carbocycles. The lowest BCUT2D eigenvalue weighted by molar-refractivity contribution is 0.492. The molecule has 2 aliphatic rings. The van der Waals surface area contributed by atoms with Crippen molar-refractivity contribution in [1.82, 2.24) is 15.6 Å². The molecule has 92 valence electrons. The van der Waals surface area contributed by atoms with Crippen LogP contribution < -0.4 is 10.6 Å². The van der Waals surface area contributed by atoms with Gasteiger partial charge in [0.1, 0.15) is 0 Å². The molecule has 1 aliphatic heterocycles. The molecule has 0 saturated heterocycles. The van der Waals surface area contributed by atoms with Crippen molar-refractivity contribution in [3.8, 4) is 0 Å². The highest BCUT2D eigenvalue weighted by molar-refractivity contribution is 5.22. The Hall–Kier alpha value is -1.51. The number of pyridine rings is 1. The number of hydrogen-bond acceptors (Lipinski definition) is 3. The first-order valence-corrected chi connectivity index (χ1v) is 6.32. The van der Waals surface area contributed by atoms with Crippen molar-refractivity contribution in [1.29, 1.82) is 0 Å². The predicted molar refractivity (Wildman–Crippen MR) is 70.3 cm³/mol. The minimum atomic E-state index is 0.831. The molecule has 0 radical (unpaired) electrons. The molecule has 0 spiro atoms. The zero-order chi connectivity index (χ0) is 12.1. The van der Waals surface area contributed by atoms with E-state index in [0.717, 1.165) is 12.6 Å². The lowest BCUT2D eigenvalue weighted by atomic mass is 9.88. The molecule has 1 aromatic heterocycles. The van der Waals surface area contributed by atoms with Crippen LogP contribution in [-0.2, 0) is 12.8 Å². The number of fused-ring (bicyclic) bond motifs is 1. The minimum absolute atomic E-state index is 0.831. The van der Waals surface area contributed by atoms with Crippen molar-refractivity contribution in [2.24, 2.45) is 5.92 Å². The second kappa shape index (κ2) is 5.71. The van der Waals surface area contributed by atoms with E-state index in [1.165, 1.54) is 36.2 Å². The van der Waals surface area contributed by atoms with Crippen molar-refractivity contribution in [2.45, 2.75) is 33.1 Å². The predicted octanol–water partition coefficient (Wildman–Crippen LogP) is 2.20. The highest BCUT2D eigenvalue weighted by Crippen LogP contribution is 2.22. The molecule has 0 amide bonds. The zero-order valence-electron chi connectivity index (χ0n) is 10.7. The smallest absolute Gasteiger partial charge is 0.0843 e. The second-order valence-corrected chi connectivity index (χ2v) is 4.84. The fraction of sp³-hybridized carbons (Fsp3) is 0.500. The third-order valence-electron chi connectivity index (χ3n) is 3.22. The van der Waals surface area contributed by atoms with Gasteiger partial charge in [-0.25, -0.2) is 0 Å². The van der Waals surface area contributed by atoms with Crippen LogP contribution in [-0.4, -0.2) is 11.7 Å². The molecular weight excluding hydrogens is 210 g/mol. The Morgan fingerprint density at radius 1 is 1.41 bits per heavy atom. The van der Waals surface area contributed by atoms with Gasteiger partial charge in [0, 0.05) is 23.8 Å². The van der Waals surface area contributed by atoms with Gasteiger partial charge in [-0.1, -0.05) is 13.0 Å².